The van der Waals surface area contributed by atoms with Crippen molar-refractivity contribution in [2.75, 3.05) is 6.54 Å². The second-order valence-electron chi connectivity index (χ2n) is 5.64. The summed E-state index contributed by atoms with van der Waals surface area (Å²) < 4.78 is 0. The number of hydrogen-bond acceptors (Lipinski definition) is 2. The molecule has 1 aliphatic carbocycles. The number of aromatic nitrogens is 1. The van der Waals surface area contributed by atoms with Gasteiger partial charge in [-0.05, 0) is 43.0 Å². The first kappa shape index (κ1) is 12.6. The van der Waals surface area contributed by atoms with Crippen molar-refractivity contribution in [2.45, 2.75) is 38.6 Å². The van der Waals surface area contributed by atoms with E-state index in [1.165, 1.54) is 36.6 Å². The van der Waals surface area contributed by atoms with Crippen LogP contribution >= 0.6 is 0 Å². The Labute approximate surface area is 115 Å². The first-order valence-corrected chi connectivity index (χ1v) is 7.45. The van der Waals surface area contributed by atoms with Crippen molar-refractivity contribution in [1.29, 1.82) is 0 Å². The van der Waals surface area contributed by atoms with Gasteiger partial charge in [0.25, 0.3) is 0 Å². The van der Waals surface area contributed by atoms with Crippen LogP contribution in [0, 0.1) is 5.92 Å². The van der Waals surface area contributed by atoms with Gasteiger partial charge in [-0.15, -0.1) is 0 Å². The number of nitrogens with one attached hydrogen (secondary N) is 1. The summed E-state index contributed by atoms with van der Waals surface area (Å²) in [7, 11) is 0. The first-order chi connectivity index (χ1) is 9.36. The SMILES string of the molecule is CCCNC(CC1CC1)c1ccc2cccnc2c1. The fourth-order valence-electron chi connectivity index (χ4n) is 2.64. The Balaban J connectivity index is 1.84. The minimum absolute atomic E-state index is 0.499. The van der Waals surface area contributed by atoms with Gasteiger partial charge < -0.3 is 5.32 Å². The molecule has 1 aromatic carbocycles. The van der Waals surface area contributed by atoms with Gasteiger partial charge in [-0.3, -0.25) is 4.98 Å². The molecule has 1 saturated carbocycles. The van der Waals surface area contributed by atoms with Gasteiger partial charge in [0.05, 0.1) is 5.52 Å². The van der Waals surface area contributed by atoms with Crippen LogP contribution in [0.3, 0.4) is 0 Å². The van der Waals surface area contributed by atoms with E-state index in [1.807, 2.05) is 12.3 Å². The van der Waals surface area contributed by atoms with Crippen LogP contribution in [-0.4, -0.2) is 11.5 Å². The molecule has 2 aromatic rings. The minimum atomic E-state index is 0.499. The number of fused-ring (bicyclic) bond motifs is 1. The fourth-order valence-corrected chi connectivity index (χ4v) is 2.64. The van der Waals surface area contributed by atoms with Crippen molar-refractivity contribution in [2.24, 2.45) is 5.92 Å². The molecule has 2 heteroatoms. The fraction of sp³-hybridized carbons (Fsp3) is 0.471. The van der Waals surface area contributed by atoms with Crippen LogP contribution in [0.4, 0.5) is 0 Å². The normalized spacial score (nSPS) is 16.7. The highest BCUT2D eigenvalue weighted by Gasteiger charge is 2.26. The van der Waals surface area contributed by atoms with E-state index < -0.39 is 0 Å². The molecular formula is C17H22N2. The average Bonchev–Trinajstić information content (AvgIpc) is 3.27. The van der Waals surface area contributed by atoms with E-state index in [0.29, 0.717) is 6.04 Å². The van der Waals surface area contributed by atoms with E-state index in [4.69, 9.17) is 0 Å². The van der Waals surface area contributed by atoms with E-state index in [0.717, 1.165) is 18.0 Å². The Hall–Kier alpha value is -1.41. The molecule has 1 aliphatic rings. The Morgan fingerprint density at radius 3 is 3.00 bits per heavy atom. The quantitative estimate of drug-likeness (QED) is 0.840. The zero-order valence-electron chi connectivity index (χ0n) is 11.6. The van der Waals surface area contributed by atoms with Crippen LogP contribution in [0.15, 0.2) is 36.5 Å². The smallest absolute Gasteiger partial charge is 0.0705 e. The van der Waals surface area contributed by atoms with Crippen LogP contribution in [0.25, 0.3) is 10.9 Å². The summed E-state index contributed by atoms with van der Waals surface area (Å²) in [4.78, 5) is 4.47. The van der Waals surface area contributed by atoms with Crippen molar-refractivity contribution in [3.8, 4) is 0 Å². The lowest BCUT2D eigenvalue weighted by Crippen LogP contribution is -2.22. The lowest BCUT2D eigenvalue weighted by Gasteiger charge is -2.19. The summed E-state index contributed by atoms with van der Waals surface area (Å²) in [5, 5.41) is 4.92. The molecule has 3 rings (SSSR count). The molecule has 19 heavy (non-hydrogen) atoms. The summed E-state index contributed by atoms with van der Waals surface area (Å²) in [5.74, 6) is 0.939. The monoisotopic (exact) mass is 254 g/mol. The molecule has 0 aliphatic heterocycles. The predicted octanol–water partition coefficient (Wildman–Crippen LogP) is 4.08. The van der Waals surface area contributed by atoms with Gasteiger partial charge in [-0.1, -0.05) is 38.0 Å². The highest BCUT2D eigenvalue weighted by atomic mass is 14.9. The number of pyridine rings is 1. The molecule has 1 heterocycles. The largest absolute Gasteiger partial charge is 0.310 e. The van der Waals surface area contributed by atoms with E-state index in [-0.39, 0.29) is 0 Å². The molecule has 2 nitrogen and oxygen atoms in total. The van der Waals surface area contributed by atoms with Crippen LogP contribution in [0.5, 0.6) is 0 Å². The zero-order valence-corrected chi connectivity index (χ0v) is 11.6. The third kappa shape index (κ3) is 3.13. The van der Waals surface area contributed by atoms with Gasteiger partial charge in [0, 0.05) is 17.6 Å². The second-order valence-corrected chi connectivity index (χ2v) is 5.64. The van der Waals surface area contributed by atoms with Crippen LogP contribution < -0.4 is 5.32 Å². The Bertz CT molecular complexity index is 546. The molecular weight excluding hydrogens is 232 g/mol. The molecule has 1 fully saturated rings. The molecule has 0 amide bonds. The Kier molecular flexibility index (Phi) is 3.79. The molecule has 0 bridgehead atoms. The maximum atomic E-state index is 4.47. The van der Waals surface area contributed by atoms with Crippen molar-refractivity contribution < 1.29 is 0 Å². The first-order valence-electron chi connectivity index (χ1n) is 7.45. The van der Waals surface area contributed by atoms with Crippen molar-refractivity contribution >= 4 is 10.9 Å². The van der Waals surface area contributed by atoms with Crippen LogP contribution in [-0.2, 0) is 0 Å². The number of nitrogens with zero attached hydrogens (tertiary/aromatic N) is 1. The second kappa shape index (κ2) is 5.70. The Morgan fingerprint density at radius 1 is 1.32 bits per heavy atom. The van der Waals surface area contributed by atoms with Crippen LogP contribution in [0.1, 0.15) is 44.2 Å². The summed E-state index contributed by atoms with van der Waals surface area (Å²) in [5.41, 5.74) is 2.51. The highest BCUT2D eigenvalue weighted by molar-refractivity contribution is 5.78. The van der Waals surface area contributed by atoms with E-state index in [9.17, 15) is 0 Å². The van der Waals surface area contributed by atoms with Crippen molar-refractivity contribution in [1.82, 2.24) is 10.3 Å². The zero-order chi connectivity index (χ0) is 13.1. The lowest BCUT2D eigenvalue weighted by molar-refractivity contribution is 0.474. The minimum Gasteiger partial charge on any atom is -0.310 e. The van der Waals surface area contributed by atoms with Gasteiger partial charge in [0.2, 0.25) is 0 Å². The van der Waals surface area contributed by atoms with Crippen molar-refractivity contribution in [3.63, 3.8) is 0 Å². The third-order valence-electron chi connectivity index (χ3n) is 3.94. The summed E-state index contributed by atoms with van der Waals surface area (Å²) >= 11 is 0. The average molecular weight is 254 g/mol. The van der Waals surface area contributed by atoms with Gasteiger partial charge >= 0.3 is 0 Å². The summed E-state index contributed by atoms with van der Waals surface area (Å²) in [6, 6.07) is 11.3. The maximum Gasteiger partial charge on any atom is 0.0705 e. The standard InChI is InChI=1S/C17H22N2/c1-2-9-18-16(11-13-5-6-13)15-8-7-14-4-3-10-19-17(14)12-15/h3-4,7-8,10,12-13,16,18H,2,5-6,9,11H2,1H3. The topological polar surface area (TPSA) is 24.9 Å². The number of benzene rings is 1. The molecule has 1 aromatic heterocycles. The molecule has 0 radical (unpaired) electrons. The molecule has 0 spiro atoms. The summed E-state index contributed by atoms with van der Waals surface area (Å²) in [6.07, 6.45) is 7.17. The highest BCUT2D eigenvalue weighted by Crippen LogP contribution is 2.38. The van der Waals surface area contributed by atoms with Gasteiger partial charge in [-0.2, -0.15) is 0 Å². The molecule has 1 N–H and O–H groups in total. The van der Waals surface area contributed by atoms with Crippen molar-refractivity contribution in [3.05, 3.63) is 42.1 Å². The third-order valence-corrected chi connectivity index (χ3v) is 3.94. The van der Waals surface area contributed by atoms with Gasteiger partial charge in [0.1, 0.15) is 0 Å². The molecule has 0 saturated heterocycles. The number of rotatable bonds is 6. The van der Waals surface area contributed by atoms with Gasteiger partial charge in [-0.25, -0.2) is 0 Å². The van der Waals surface area contributed by atoms with E-state index in [1.54, 1.807) is 0 Å². The molecule has 100 valence electrons. The summed E-state index contributed by atoms with van der Waals surface area (Å²) in [6.45, 7) is 3.32. The van der Waals surface area contributed by atoms with Gasteiger partial charge in [0.15, 0.2) is 0 Å². The van der Waals surface area contributed by atoms with Crippen LogP contribution in [0.2, 0.25) is 0 Å². The lowest BCUT2D eigenvalue weighted by atomic mass is 9.99. The van der Waals surface area contributed by atoms with E-state index in [2.05, 4.69) is 41.5 Å². The number of hydrogen-bond donors (Lipinski definition) is 1. The Morgan fingerprint density at radius 2 is 2.21 bits per heavy atom. The molecule has 1 unspecified atom stereocenters. The van der Waals surface area contributed by atoms with E-state index >= 15 is 0 Å². The maximum absolute atomic E-state index is 4.47. The predicted molar refractivity (Wildman–Crippen MR) is 80.1 cm³/mol. The molecule has 1 atom stereocenters.